The quantitative estimate of drug-likeness (QED) is 0.679. The summed E-state index contributed by atoms with van der Waals surface area (Å²) in [6.07, 6.45) is 8.30. The van der Waals surface area contributed by atoms with Crippen LogP contribution in [0.4, 0.5) is 5.69 Å². The van der Waals surface area contributed by atoms with Crippen molar-refractivity contribution in [1.82, 2.24) is 20.4 Å². The molecule has 30 heavy (non-hydrogen) atoms. The molecule has 3 N–H and O–H groups in total. The number of aromatic nitrogens is 2. The predicted molar refractivity (Wildman–Crippen MR) is 119 cm³/mol. The van der Waals surface area contributed by atoms with Gasteiger partial charge in [-0.05, 0) is 49.1 Å². The van der Waals surface area contributed by atoms with E-state index in [0.29, 0.717) is 18.2 Å². The summed E-state index contributed by atoms with van der Waals surface area (Å²) in [6, 6.07) is 5.77. The van der Waals surface area contributed by atoms with Gasteiger partial charge in [-0.15, -0.1) is 12.4 Å². The number of aryl methyl sites for hydroxylation is 2. The van der Waals surface area contributed by atoms with Crippen molar-refractivity contribution in [2.45, 2.75) is 44.6 Å². The number of carbonyl (C=O) groups excluding carboxylic acids is 2. The fourth-order valence-electron chi connectivity index (χ4n) is 4.45. The molecular formula is C22H30ClN5O2. The molecule has 0 unspecified atom stereocenters. The van der Waals surface area contributed by atoms with Crippen LogP contribution in [0.3, 0.4) is 0 Å². The van der Waals surface area contributed by atoms with Gasteiger partial charge in [-0.2, -0.15) is 5.10 Å². The Kier molecular flexibility index (Phi) is 7.15. The molecule has 2 amide bonds. The van der Waals surface area contributed by atoms with Crippen molar-refractivity contribution in [3.05, 3.63) is 47.3 Å². The highest BCUT2D eigenvalue weighted by molar-refractivity contribution is 5.97. The molecule has 2 atom stereocenters. The maximum Gasteiger partial charge on any atom is 0.251 e. The van der Waals surface area contributed by atoms with Crippen LogP contribution in [0, 0.1) is 12.8 Å². The molecule has 1 aliphatic carbocycles. The van der Waals surface area contributed by atoms with Gasteiger partial charge in [0, 0.05) is 49.5 Å². The Morgan fingerprint density at radius 1 is 1.20 bits per heavy atom. The Balaban J connectivity index is 0.00000256. The summed E-state index contributed by atoms with van der Waals surface area (Å²) in [5, 5.41) is 13.7. The zero-order chi connectivity index (χ0) is 20.4. The van der Waals surface area contributed by atoms with E-state index in [-0.39, 0.29) is 36.1 Å². The highest BCUT2D eigenvalue weighted by atomic mass is 35.5. The zero-order valence-corrected chi connectivity index (χ0v) is 18.3. The summed E-state index contributed by atoms with van der Waals surface area (Å²) in [5.41, 5.74) is 3.36. The number of hydrogen-bond donors (Lipinski definition) is 3. The summed E-state index contributed by atoms with van der Waals surface area (Å²) in [7, 11) is 1.88. The Bertz CT molecular complexity index is 907. The van der Waals surface area contributed by atoms with E-state index in [9.17, 15) is 9.59 Å². The van der Waals surface area contributed by atoms with E-state index in [4.69, 9.17) is 0 Å². The monoisotopic (exact) mass is 431 g/mol. The Morgan fingerprint density at radius 3 is 2.63 bits per heavy atom. The van der Waals surface area contributed by atoms with Crippen molar-refractivity contribution in [3.8, 4) is 0 Å². The molecular weight excluding hydrogens is 402 g/mol. The molecule has 1 saturated carbocycles. The maximum atomic E-state index is 12.9. The second-order valence-corrected chi connectivity index (χ2v) is 8.29. The van der Waals surface area contributed by atoms with Crippen LogP contribution in [0.1, 0.15) is 53.1 Å². The average molecular weight is 432 g/mol. The average Bonchev–Trinajstić information content (AvgIpc) is 3.44. The second kappa shape index (κ2) is 9.62. The van der Waals surface area contributed by atoms with E-state index >= 15 is 0 Å². The van der Waals surface area contributed by atoms with Crippen LogP contribution in [0.2, 0.25) is 0 Å². The lowest BCUT2D eigenvalue weighted by Gasteiger charge is -2.18. The first kappa shape index (κ1) is 22.3. The van der Waals surface area contributed by atoms with Crippen molar-refractivity contribution in [2.24, 2.45) is 13.0 Å². The molecule has 1 saturated heterocycles. The van der Waals surface area contributed by atoms with Gasteiger partial charge in [-0.25, -0.2) is 0 Å². The summed E-state index contributed by atoms with van der Waals surface area (Å²) >= 11 is 0. The Labute approximate surface area is 183 Å². The van der Waals surface area contributed by atoms with Crippen LogP contribution >= 0.6 is 12.4 Å². The zero-order valence-electron chi connectivity index (χ0n) is 17.5. The minimum absolute atomic E-state index is 0. The first-order valence-corrected chi connectivity index (χ1v) is 10.4. The lowest BCUT2D eigenvalue weighted by molar-refractivity contribution is -0.119. The van der Waals surface area contributed by atoms with Gasteiger partial charge in [-0.1, -0.05) is 12.8 Å². The van der Waals surface area contributed by atoms with Crippen LogP contribution in [-0.4, -0.2) is 40.7 Å². The number of hydrogen-bond acceptors (Lipinski definition) is 4. The highest BCUT2D eigenvalue weighted by Crippen LogP contribution is 2.29. The molecule has 2 fully saturated rings. The largest absolute Gasteiger partial charge is 0.349 e. The van der Waals surface area contributed by atoms with Gasteiger partial charge in [-0.3, -0.25) is 14.3 Å². The third-order valence-electron chi connectivity index (χ3n) is 6.14. The van der Waals surface area contributed by atoms with Gasteiger partial charge in [0.1, 0.15) is 0 Å². The second-order valence-electron chi connectivity index (χ2n) is 8.29. The third kappa shape index (κ3) is 4.84. The number of halogens is 1. The lowest BCUT2D eigenvalue weighted by atomic mass is 9.90. The standard InChI is InChI=1S/C22H29N5O2.ClH/c1-14-9-15(21(28)25-17-5-3-4-6-17)7-8-20(14)26-22(29)19-12-23-11-18(19)16-10-24-27(2)13-16;/h7-10,13,17-19,23H,3-6,11-12H2,1-2H3,(H,25,28)(H,26,29);1H/t18-,19+;/m1./s1. The highest BCUT2D eigenvalue weighted by Gasteiger charge is 2.34. The van der Waals surface area contributed by atoms with Crippen LogP contribution in [0.15, 0.2) is 30.6 Å². The van der Waals surface area contributed by atoms with Gasteiger partial charge >= 0.3 is 0 Å². The summed E-state index contributed by atoms with van der Waals surface area (Å²) in [4.78, 5) is 25.4. The molecule has 1 aliphatic heterocycles. The van der Waals surface area contributed by atoms with Crippen molar-refractivity contribution >= 4 is 29.9 Å². The van der Waals surface area contributed by atoms with E-state index in [1.807, 2.05) is 38.5 Å². The minimum Gasteiger partial charge on any atom is -0.349 e. The molecule has 0 bridgehead atoms. The molecule has 0 radical (unpaired) electrons. The molecule has 0 spiro atoms. The fraction of sp³-hybridized carbons (Fsp3) is 0.500. The molecule has 2 heterocycles. The number of carbonyl (C=O) groups is 2. The van der Waals surface area contributed by atoms with Gasteiger partial charge < -0.3 is 16.0 Å². The van der Waals surface area contributed by atoms with Crippen LogP contribution in [-0.2, 0) is 11.8 Å². The van der Waals surface area contributed by atoms with E-state index in [2.05, 4.69) is 21.0 Å². The number of nitrogens with zero attached hydrogens (tertiary/aromatic N) is 2. The smallest absolute Gasteiger partial charge is 0.251 e. The third-order valence-corrected chi connectivity index (χ3v) is 6.14. The van der Waals surface area contributed by atoms with Gasteiger partial charge in [0.05, 0.1) is 12.1 Å². The van der Waals surface area contributed by atoms with E-state index in [1.54, 1.807) is 10.7 Å². The van der Waals surface area contributed by atoms with E-state index in [1.165, 1.54) is 12.8 Å². The Morgan fingerprint density at radius 2 is 1.97 bits per heavy atom. The van der Waals surface area contributed by atoms with Gasteiger partial charge in [0.25, 0.3) is 5.91 Å². The molecule has 2 aromatic rings. The van der Waals surface area contributed by atoms with Crippen molar-refractivity contribution in [1.29, 1.82) is 0 Å². The Hall–Kier alpha value is -2.38. The molecule has 8 heteroatoms. The van der Waals surface area contributed by atoms with Gasteiger partial charge in [0.15, 0.2) is 0 Å². The molecule has 7 nitrogen and oxygen atoms in total. The normalized spacial score (nSPS) is 21.3. The topological polar surface area (TPSA) is 88.1 Å². The number of nitrogens with one attached hydrogen (secondary N) is 3. The van der Waals surface area contributed by atoms with Crippen molar-refractivity contribution < 1.29 is 9.59 Å². The van der Waals surface area contributed by atoms with Crippen LogP contribution < -0.4 is 16.0 Å². The molecule has 162 valence electrons. The predicted octanol–water partition coefficient (Wildman–Crippen LogP) is 2.76. The SMILES string of the molecule is Cc1cc(C(=O)NC2CCCC2)ccc1NC(=O)[C@H]1CNC[C@@H]1c1cnn(C)c1.Cl. The van der Waals surface area contributed by atoms with Gasteiger partial charge in [0.2, 0.25) is 5.91 Å². The number of benzene rings is 1. The maximum absolute atomic E-state index is 12.9. The number of rotatable bonds is 5. The molecule has 1 aromatic carbocycles. The van der Waals surface area contributed by atoms with Crippen LogP contribution in [0.25, 0.3) is 0 Å². The van der Waals surface area contributed by atoms with Crippen molar-refractivity contribution in [3.63, 3.8) is 0 Å². The van der Waals surface area contributed by atoms with Crippen LogP contribution in [0.5, 0.6) is 0 Å². The first-order chi connectivity index (χ1) is 14.0. The van der Waals surface area contributed by atoms with E-state index in [0.717, 1.165) is 36.2 Å². The summed E-state index contributed by atoms with van der Waals surface area (Å²) < 4.78 is 1.77. The number of amides is 2. The first-order valence-electron chi connectivity index (χ1n) is 10.4. The van der Waals surface area contributed by atoms with E-state index < -0.39 is 0 Å². The minimum atomic E-state index is -0.149. The lowest BCUT2D eigenvalue weighted by Crippen LogP contribution is -2.32. The van der Waals surface area contributed by atoms with Crippen molar-refractivity contribution in [2.75, 3.05) is 18.4 Å². The summed E-state index contributed by atoms with van der Waals surface area (Å²) in [5.74, 6) is -0.0750. The molecule has 4 rings (SSSR count). The molecule has 1 aromatic heterocycles. The summed E-state index contributed by atoms with van der Waals surface area (Å²) in [6.45, 7) is 3.34. The fourth-order valence-corrected chi connectivity index (χ4v) is 4.45. The molecule has 2 aliphatic rings. The number of anilines is 1.